The van der Waals surface area contributed by atoms with Crippen molar-refractivity contribution in [2.45, 2.75) is 32.1 Å². The fourth-order valence-corrected chi connectivity index (χ4v) is 3.56. The molecule has 24 heavy (non-hydrogen) atoms. The minimum atomic E-state index is -0.000979. The van der Waals surface area contributed by atoms with Crippen LogP contribution >= 0.6 is 0 Å². The second kappa shape index (κ2) is 6.59. The predicted molar refractivity (Wildman–Crippen MR) is 94.1 cm³/mol. The molecule has 0 saturated carbocycles. The summed E-state index contributed by atoms with van der Waals surface area (Å²) in [6, 6.07) is 9.64. The van der Waals surface area contributed by atoms with E-state index in [1.165, 1.54) is 12.8 Å². The Bertz CT molecular complexity index is 725. The molecule has 1 amide bonds. The molecule has 1 fully saturated rings. The lowest BCUT2D eigenvalue weighted by atomic mass is 9.86. The number of nitrogens with one attached hydrogen (secondary N) is 1. The van der Waals surface area contributed by atoms with Crippen molar-refractivity contribution in [1.82, 2.24) is 9.97 Å². The molecule has 5 nitrogen and oxygen atoms in total. The van der Waals surface area contributed by atoms with Crippen molar-refractivity contribution in [3.8, 4) is 0 Å². The van der Waals surface area contributed by atoms with Crippen LogP contribution in [0.5, 0.6) is 0 Å². The molecule has 1 aromatic carbocycles. The van der Waals surface area contributed by atoms with E-state index in [0.29, 0.717) is 0 Å². The number of hydrogen-bond acceptors (Lipinski definition) is 4. The molecule has 5 heteroatoms. The van der Waals surface area contributed by atoms with Crippen LogP contribution in [0.1, 0.15) is 30.5 Å². The van der Waals surface area contributed by atoms with Crippen LogP contribution in [0.15, 0.2) is 36.5 Å². The number of aryl methyl sites for hydroxylation is 1. The molecule has 0 radical (unpaired) electrons. The number of carbonyl (C=O) groups is 1. The van der Waals surface area contributed by atoms with Gasteiger partial charge in [-0.2, -0.15) is 0 Å². The highest BCUT2D eigenvalue weighted by molar-refractivity contribution is 5.92. The maximum atomic E-state index is 12.5. The van der Waals surface area contributed by atoms with E-state index in [-0.39, 0.29) is 11.8 Å². The summed E-state index contributed by atoms with van der Waals surface area (Å²) in [5.74, 6) is 0.952. The van der Waals surface area contributed by atoms with Crippen LogP contribution < -0.4 is 10.2 Å². The van der Waals surface area contributed by atoms with Gasteiger partial charge in [0, 0.05) is 36.6 Å². The third-order valence-corrected chi connectivity index (χ3v) is 4.94. The Balaban J connectivity index is 1.44. The Kier molecular flexibility index (Phi) is 4.15. The van der Waals surface area contributed by atoms with E-state index in [4.69, 9.17) is 4.98 Å². The van der Waals surface area contributed by atoms with Crippen molar-refractivity contribution >= 4 is 17.5 Å². The van der Waals surface area contributed by atoms with Crippen molar-refractivity contribution in [1.29, 1.82) is 0 Å². The maximum absolute atomic E-state index is 12.5. The molecule has 0 spiro atoms. The molecule has 4 rings (SSSR count). The lowest BCUT2D eigenvalue weighted by Crippen LogP contribution is -2.29. The molecule has 1 atom stereocenters. The topological polar surface area (TPSA) is 58.1 Å². The van der Waals surface area contributed by atoms with Crippen molar-refractivity contribution in [3.63, 3.8) is 0 Å². The van der Waals surface area contributed by atoms with Crippen molar-refractivity contribution in [3.05, 3.63) is 47.8 Å². The van der Waals surface area contributed by atoms with Crippen molar-refractivity contribution in [2.24, 2.45) is 5.92 Å². The standard InChI is InChI=1S/C19H22N4O/c24-18(21-16-6-2-1-3-7-16)14-8-9-17-15(12-14)13-20-19(22-17)23-10-4-5-11-23/h1-3,6-7,13-14H,4-5,8-12H2,(H,21,24). The second-order valence-electron chi connectivity index (χ2n) is 6.63. The summed E-state index contributed by atoms with van der Waals surface area (Å²) < 4.78 is 0. The Hall–Kier alpha value is -2.43. The van der Waals surface area contributed by atoms with Gasteiger partial charge in [0.1, 0.15) is 0 Å². The molecule has 2 heterocycles. The second-order valence-corrected chi connectivity index (χ2v) is 6.63. The first kappa shape index (κ1) is 15.1. The molecule has 2 aromatic rings. The van der Waals surface area contributed by atoms with Gasteiger partial charge in [-0.05, 0) is 49.8 Å². The Morgan fingerprint density at radius 2 is 1.96 bits per heavy atom. The fraction of sp³-hybridized carbons (Fsp3) is 0.421. The van der Waals surface area contributed by atoms with Gasteiger partial charge in [0.05, 0.1) is 0 Å². The highest BCUT2D eigenvalue weighted by atomic mass is 16.1. The number of anilines is 2. The first-order valence-corrected chi connectivity index (χ1v) is 8.75. The highest BCUT2D eigenvalue weighted by Gasteiger charge is 2.27. The Labute approximate surface area is 142 Å². The smallest absolute Gasteiger partial charge is 0.227 e. The number of hydrogen-bond donors (Lipinski definition) is 1. The fourth-order valence-electron chi connectivity index (χ4n) is 3.56. The van der Waals surface area contributed by atoms with Crippen LogP contribution in [-0.4, -0.2) is 29.0 Å². The van der Waals surface area contributed by atoms with Gasteiger partial charge in [-0.1, -0.05) is 18.2 Å². The summed E-state index contributed by atoms with van der Waals surface area (Å²) in [7, 11) is 0. The first-order valence-electron chi connectivity index (χ1n) is 8.75. The van der Waals surface area contributed by atoms with E-state index in [0.717, 1.165) is 55.2 Å². The lowest BCUT2D eigenvalue weighted by Gasteiger charge is -2.24. The largest absolute Gasteiger partial charge is 0.341 e. The van der Waals surface area contributed by atoms with E-state index >= 15 is 0 Å². The summed E-state index contributed by atoms with van der Waals surface area (Å²) in [5, 5.41) is 3.01. The normalized spacial score (nSPS) is 19.8. The SMILES string of the molecule is O=C(Nc1ccccc1)C1CCc2nc(N3CCCC3)ncc2C1. The van der Waals surface area contributed by atoms with Crippen LogP contribution in [0, 0.1) is 5.92 Å². The number of rotatable bonds is 3. The minimum Gasteiger partial charge on any atom is -0.341 e. The quantitative estimate of drug-likeness (QED) is 0.944. The molecule has 124 valence electrons. The number of nitrogens with zero attached hydrogens (tertiary/aromatic N) is 3. The zero-order chi connectivity index (χ0) is 16.4. The molecule has 1 aliphatic heterocycles. The molecule has 2 aliphatic rings. The third-order valence-electron chi connectivity index (χ3n) is 4.94. The van der Waals surface area contributed by atoms with Gasteiger partial charge >= 0.3 is 0 Å². The first-order chi connectivity index (χ1) is 11.8. The summed E-state index contributed by atoms with van der Waals surface area (Å²) in [6.07, 6.45) is 6.81. The zero-order valence-corrected chi connectivity index (χ0v) is 13.7. The van der Waals surface area contributed by atoms with Crippen LogP contribution in [0.3, 0.4) is 0 Å². The van der Waals surface area contributed by atoms with Gasteiger partial charge in [-0.25, -0.2) is 9.97 Å². The molecule has 1 aliphatic carbocycles. The average Bonchev–Trinajstić information content (AvgIpc) is 3.16. The van der Waals surface area contributed by atoms with Crippen LogP contribution in [0.25, 0.3) is 0 Å². The van der Waals surface area contributed by atoms with E-state index in [2.05, 4.69) is 15.2 Å². The Morgan fingerprint density at radius 1 is 1.17 bits per heavy atom. The van der Waals surface area contributed by atoms with Crippen molar-refractivity contribution in [2.75, 3.05) is 23.3 Å². The number of benzene rings is 1. The van der Waals surface area contributed by atoms with E-state index in [1.54, 1.807) is 0 Å². The monoisotopic (exact) mass is 322 g/mol. The molecular weight excluding hydrogens is 300 g/mol. The zero-order valence-electron chi connectivity index (χ0n) is 13.7. The number of amides is 1. The third kappa shape index (κ3) is 3.11. The number of aromatic nitrogens is 2. The number of fused-ring (bicyclic) bond motifs is 1. The van der Waals surface area contributed by atoms with Gasteiger partial charge in [0.2, 0.25) is 11.9 Å². The van der Waals surface area contributed by atoms with Crippen molar-refractivity contribution < 1.29 is 4.79 Å². The predicted octanol–water partition coefficient (Wildman–Crippen LogP) is 2.82. The summed E-state index contributed by atoms with van der Waals surface area (Å²) in [5.41, 5.74) is 3.10. The average molecular weight is 322 g/mol. The summed E-state index contributed by atoms with van der Waals surface area (Å²) >= 11 is 0. The van der Waals surface area contributed by atoms with Gasteiger partial charge in [0.25, 0.3) is 0 Å². The van der Waals surface area contributed by atoms with Gasteiger partial charge in [0.15, 0.2) is 0 Å². The van der Waals surface area contributed by atoms with Crippen LogP contribution in [0.4, 0.5) is 11.6 Å². The summed E-state index contributed by atoms with van der Waals surface area (Å²) in [4.78, 5) is 24.0. The van der Waals surface area contributed by atoms with E-state index in [1.807, 2.05) is 36.5 Å². The number of para-hydroxylation sites is 1. The van der Waals surface area contributed by atoms with E-state index in [9.17, 15) is 4.79 Å². The molecule has 1 unspecified atom stereocenters. The van der Waals surface area contributed by atoms with Gasteiger partial charge in [-0.3, -0.25) is 4.79 Å². The van der Waals surface area contributed by atoms with Gasteiger partial charge in [-0.15, -0.1) is 0 Å². The van der Waals surface area contributed by atoms with Crippen LogP contribution in [-0.2, 0) is 17.6 Å². The molecular formula is C19H22N4O. The van der Waals surface area contributed by atoms with Gasteiger partial charge < -0.3 is 10.2 Å². The maximum Gasteiger partial charge on any atom is 0.227 e. The Morgan fingerprint density at radius 3 is 2.75 bits per heavy atom. The van der Waals surface area contributed by atoms with E-state index < -0.39 is 0 Å². The number of carbonyl (C=O) groups excluding carboxylic acids is 1. The molecule has 1 saturated heterocycles. The highest BCUT2D eigenvalue weighted by Crippen LogP contribution is 2.27. The molecule has 1 aromatic heterocycles. The minimum absolute atomic E-state index is 0.000979. The van der Waals surface area contributed by atoms with Crippen LogP contribution in [0.2, 0.25) is 0 Å². The molecule has 0 bridgehead atoms. The lowest BCUT2D eigenvalue weighted by molar-refractivity contribution is -0.120. The summed E-state index contributed by atoms with van der Waals surface area (Å²) in [6.45, 7) is 2.11. The molecule has 1 N–H and O–H groups in total.